The van der Waals surface area contributed by atoms with Gasteiger partial charge in [0.15, 0.2) is 0 Å². The van der Waals surface area contributed by atoms with E-state index in [1.165, 1.54) is 24.8 Å². The fourth-order valence-electron chi connectivity index (χ4n) is 3.41. The molecule has 18 heavy (non-hydrogen) atoms. The average Bonchev–Trinajstić information content (AvgIpc) is 2.92. The molecule has 0 spiro atoms. The summed E-state index contributed by atoms with van der Waals surface area (Å²) in [7, 11) is 0. The molecular weight excluding hydrogens is 224 g/mol. The lowest BCUT2D eigenvalue weighted by molar-refractivity contribution is 0.494. The second-order valence-electron chi connectivity index (χ2n) is 5.48. The number of rotatable bonds is 1. The van der Waals surface area contributed by atoms with E-state index in [0.717, 1.165) is 37.7 Å². The van der Waals surface area contributed by atoms with Crippen molar-refractivity contribution in [3.63, 3.8) is 0 Å². The van der Waals surface area contributed by atoms with Crippen LogP contribution in [0.25, 0.3) is 0 Å². The van der Waals surface area contributed by atoms with Crippen molar-refractivity contribution in [1.29, 1.82) is 5.26 Å². The van der Waals surface area contributed by atoms with Crippen molar-refractivity contribution >= 4 is 0 Å². The molecule has 0 bridgehead atoms. The summed E-state index contributed by atoms with van der Waals surface area (Å²) in [6, 6.07) is 2.48. The zero-order valence-corrected chi connectivity index (χ0v) is 10.6. The van der Waals surface area contributed by atoms with Crippen LogP contribution in [0.15, 0.2) is 11.0 Å². The van der Waals surface area contributed by atoms with Gasteiger partial charge in [-0.3, -0.25) is 4.79 Å². The Hall–Kier alpha value is -1.56. The highest BCUT2D eigenvalue weighted by atomic mass is 16.1. The smallest absolute Gasteiger partial charge is 0.269 e. The minimum Gasteiger partial charge on any atom is -0.311 e. The van der Waals surface area contributed by atoms with E-state index in [4.69, 9.17) is 0 Å². The van der Waals surface area contributed by atoms with Gasteiger partial charge in [0.2, 0.25) is 0 Å². The topological polar surface area (TPSA) is 45.8 Å². The fourth-order valence-corrected chi connectivity index (χ4v) is 3.41. The molecule has 3 heteroatoms. The quantitative estimate of drug-likeness (QED) is 0.760. The normalized spacial score (nSPS) is 19.5. The molecule has 2 aliphatic rings. The summed E-state index contributed by atoms with van der Waals surface area (Å²) < 4.78 is 1.86. The summed E-state index contributed by atoms with van der Waals surface area (Å²) >= 11 is 0. The van der Waals surface area contributed by atoms with Crippen molar-refractivity contribution in [2.75, 3.05) is 0 Å². The van der Waals surface area contributed by atoms with Crippen LogP contribution in [0.1, 0.15) is 61.3 Å². The van der Waals surface area contributed by atoms with Crippen LogP contribution in [0.4, 0.5) is 0 Å². The molecule has 94 valence electrons. The highest BCUT2D eigenvalue weighted by Crippen LogP contribution is 2.30. The van der Waals surface area contributed by atoms with E-state index < -0.39 is 0 Å². The predicted octanol–water partition coefficient (Wildman–Crippen LogP) is 2.71. The van der Waals surface area contributed by atoms with E-state index in [9.17, 15) is 10.1 Å². The van der Waals surface area contributed by atoms with Gasteiger partial charge in [0.05, 0.1) is 0 Å². The minimum absolute atomic E-state index is 0.0509. The third-order valence-electron chi connectivity index (χ3n) is 4.39. The Morgan fingerprint density at radius 2 is 1.89 bits per heavy atom. The van der Waals surface area contributed by atoms with Gasteiger partial charge in [0.25, 0.3) is 5.56 Å². The molecule has 0 aromatic carbocycles. The van der Waals surface area contributed by atoms with Crippen LogP contribution < -0.4 is 5.56 Å². The molecule has 0 amide bonds. The Balaban J connectivity index is 2.16. The summed E-state index contributed by atoms with van der Waals surface area (Å²) in [5.74, 6) is 0. The molecule has 0 unspecified atom stereocenters. The van der Waals surface area contributed by atoms with Gasteiger partial charge in [-0.05, 0) is 49.7 Å². The van der Waals surface area contributed by atoms with Crippen LogP contribution in [-0.2, 0) is 12.8 Å². The molecule has 0 radical (unpaired) electrons. The number of nitriles is 1. The van der Waals surface area contributed by atoms with Crippen LogP contribution in [0, 0.1) is 11.3 Å². The van der Waals surface area contributed by atoms with E-state index in [0.29, 0.717) is 11.6 Å². The molecular formula is C15H18N2O. The number of fused-ring (bicyclic) bond motifs is 1. The van der Waals surface area contributed by atoms with E-state index in [1.54, 1.807) is 0 Å². The number of pyridine rings is 1. The Kier molecular flexibility index (Phi) is 2.95. The Bertz CT molecular complexity index is 559. The summed E-state index contributed by atoms with van der Waals surface area (Å²) in [5, 5.41) is 9.28. The molecule has 1 saturated carbocycles. The molecule has 1 fully saturated rings. The maximum Gasteiger partial charge on any atom is 0.269 e. The zero-order valence-electron chi connectivity index (χ0n) is 10.6. The van der Waals surface area contributed by atoms with Gasteiger partial charge in [-0.2, -0.15) is 5.26 Å². The fraction of sp³-hybridized carbons (Fsp3) is 0.600. The summed E-state index contributed by atoms with van der Waals surface area (Å²) in [5.41, 5.74) is 2.64. The lowest BCUT2D eigenvalue weighted by Crippen LogP contribution is -2.28. The predicted molar refractivity (Wildman–Crippen MR) is 69.6 cm³/mol. The van der Waals surface area contributed by atoms with Crippen LogP contribution in [0.5, 0.6) is 0 Å². The molecule has 1 aromatic heterocycles. The highest BCUT2D eigenvalue weighted by molar-refractivity contribution is 5.42. The van der Waals surface area contributed by atoms with E-state index in [1.807, 2.05) is 10.8 Å². The lowest BCUT2D eigenvalue weighted by Gasteiger charge is -2.21. The van der Waals surface area contributed by atoms with Crippen molar-refractivity contribution in [3.05, 3.63) is 33.2 Å². The van der Waals surface area contributed by atoms with E-state index >= 15 is 0 Å². The highest BCUT2D eigenvalue weighted by Gasteiger charge is 2.23. The van der Waals surface area contributed by atoms with E-state index in [-0.39, 0.29) is 5.56 Å². The first-order chi connectivity index (χ1) is 8.81. The average molecular weight is 242 g/mol. The zero-order chi connectivity index (χ0) is 12.5. The van der Waals surface area contributed by atoms with Gasteiger partial charge in [-0.1, -0.05) is 12.8 Å². The largest absolute Gasteiger partial charge is 0.311 e. The molecule has 2 aliphatic carbocycles. The van der Waals surface area contributed by atoms with Gasteiger partial charge in [0, 0.05) is 12.2 Å². The Labute approximate surface area is 107 Å². The van der Waals surface area contributed by atoms with Crippen LogP contribution in [0.3, 0.4) is 0 Å². The van der Waals surface area contributed by atoms with Crippen LogP contribution in [0.2, 0.25) is 0 Å². The molecule has 0 saturated heterocycles. The van der Waals surface area contributed by atoms with Gasteiger partial charge in [-0.25, -0.2) is 0 Å². The third kappa shape index (κ3) is 1.77. The second-order valence-corrected chi connectivity index (χ2v) is 5.48. The summed E-state index contributed by atoms with van der Waals surface area (Å²) in [6.07, 6.45) is 10.8. The lowest BCUT2D eigenvalue weighted by atomic mass is 9.90. The van der Waals surface area contributed by atoms with Gasteiger partial charge >= 0.3 is 0 Å². The molecule has 3 nitrogen and oxygen atoms in total. The minimum atomic E-state index is -0.0509. The number of aryl methyl sites for hydroxylation is 1. The van der Waals surface area contributed by atoms with Crippen molar-refractivity contribution in [2.45, 2.75) is 57.4 Å². The van der Waals surface area contributed by atoms with Crippen LogP contribution >= 0.6 is 0 Å². The Morgan fingerprint density at radius 3 is 2.61 bits per heavy atom. The number of nitrogens with zero attached hydrogens (tertiary/aromatic N) is 2. The molecule has 0 atom stereocenters. The Morgan fingerprint density at radius 1 is 1.17 bits per heavy atom. The number of aromatic nitrogens is 1. The standard InChI is InChI=1S/C15H18N2O/c16-9-14-13-8-4-1-5-11(13)10-17(15(14)18)12-6-2-3-7-12/h10,12H,1-8H2. The molecule has 1 heterocycles. The third-order valence-corrected chi connectivity index (χ3v) is 4.39. The van der Waals surface area contributed by atoms with Gasteiger partial charge < -0.3 is 4.57 Å². The maximum absolute atomic E-state index is 12.4. The number of hydrogen-bond donors (Lipinski definition) is 0. The van der Waals surface area contributed by atoms with Crippen molar-refractivity contribution in [3.8, 4) is 6.07 Å². The van der Waals surface area contributed by atoms with Crippen molar-refractivity contribution < 1.29 is 0 Å². The molecule has 0 aliphatic heterocycles. The van der Waals surface area contributed by atoms with Crippen LogP contribution in [-0.4, -0.2) is 4.57 Å². The van der Waals surface area contributed by atoms with Gasteiger partial charge in [-0.15, -0.1) is 0 Å². The maximum atomic E-state index is 12.4. The second kappa shape index (κ2) is 4.61. The molecule has 0 N–H and O–H groups in total. The monoisotopic (exact) mass is 242 g/mol. The number of hydrogen-bond acceptors (Lipinski definition) is 2. The van der Waals surface area contributed by atoms with Crippen molar-refractivity contribution in [2.24, 2.45) is 0 Å². The first kappa shape index (κ1) is 11.5. The summed E-state index contributed by atoms with van der Waals surface area (Å²) in [4.78, 5) is 12.4. The first-order valence-corrected chi connectivity index (χ1v) is 6.98. The first-order valence-electron chi connectivity index (χ1n) is 6.98. The molecule has 3 rings (SSSR count). The summed E-state index contributed by atoms with van der Waals surface area (Å²) in [6.45, 7) is 0. The van der Waals surface area contributed by atoms with E-state index in [2.05, 4.69) is 6.07 Å². The van der Waals surface area contributed by atoms with Crippen molar-refractivity contribution in [1.82, 2.24) is 4.57 Å². The van der Waals surface area contributed by atoms with Gasteiger partial charge in [0.1, 0.15) is 11.6 Å². The SMILES string of the molecule is N#Cc1c2c(cn(C3CCCC3)c1=O)CCCC2. The molecule has 1 aromatic rings.